The van der Waals surface area contributed by atoms with Crippen LogP contribution in [0.5, 0.6) is 11.5 Å². The zero-order valence-corrected chi connectivity index (χ0v) is 11.8. The summed E-state index contributed by atoms with van der Waals surface area (Å²) in [7, 11) is 0. The number of nitrogens with zero attached hydrogens (tertiary/aromatic N) is 1. The molecule has 20 heavy (non-hydrogen) atoms. The summed E-state index contributed by atoms with van der Waals surface area (Å²) in [4.78, 5) is 11.4. The topological polar surface area (TPSA) is 88.4 Å². The maximum Gasteiger partial charge on any atom is 0.267 e. The number of phenolic OH excluding ortho intramolecular Hbond substituents is 1. The lowest BCUT2D eigenvalue weighted by Gasteiger charge is -2.12. The summed E-state index contributed by atoms with van der Waals surface area (Å²) in [5, 5.41) is 21.8. The lowest BCUT2D eigenvalue weighted by Crippen LogP contribution is -2.27. The van der Waals surface area contributed by atoms with Gasteiger partial charge >= 0.3 is 0 Å². The van der Waals surface area contributed by atoms with Crippen molar-refractivity contribution in [2.75, 3.05) is 6.61 Å². The van der Waals surface area contributed by atoms with Crippen molar-refractivity contribution in [2.45, 2.75) is 26.4 Å². The highest BCUT2D eigenvalue weighted by Gasteiger charge is 2.33. The van der Waals surface area contributed by atoms with E-state index in [1.54, 1.807) is 6.92 Å². The van der Waals surface area contributed by atoms with Crippen LogP contribution in [0.3, 0.4) is 0 Å². The average Bonchev–Trinajstić information content (AvgIpc) is 2.83. The van der Waals surface area contributed by atoms with Crippen LogP contribution in [0.2, 0.25) is 5.02 Å². The Morgan fingerprint density at radius 1 is 1.65 bits per heavy atom. The standard InChI is InChI=1S/C13H14ClNO5/c1-3-19-13(15-18)9-5-7-4-8(6(2)16)11(17)10(14)12(7)20-9/h4,9,17-18H,3,5H2,1-2H3/b15-13-. The van der Waals surface area contributed by atoms with E-state index in [0.29, 0.717) is 18.6 Å². The van der Waals surface area contributed by atoms with Gasteiger partial charge in [-0.2, -0.15) is 0 Å². The molecule has 0 amide bonds. The van der Waals surface area contributed by atoms with Crippen molar-refractivity contribution in [3.8, 4) is 11.5 Å². The molecule has 1 heterocycles. The monoisotopic (exact) mass is 299 g/mol. The quantitative estimate of drug-likeness (QED) is 0.294. The molecule has 1 unspecified atom stereocenters. The molecule has 0 spiro atoms. The van der Waals surface area contributed by atoms with Crippen LogP contribution in [-0.2, 0) is 11.2 Å². The summed E-state index contributed by atoms with van der Waals surface area (Å²) in [5.74, 6) is -0.294. The molecular formula is C13H14ClNO5. The van der Waals surface area contributed by atoms with Gasteiger partial charge in [0.2, 0.25) is 0 Å². The second-order valence-electron chi connectivity index (χ2n) is 4.31. The van der Waals surface area contributed by atoms with E-state index in [4.69, 9.17) is 26.3 Å². The first-order valence-corrected chi connectivity index (χ1v) is 6.44. The van der Waals surface area contributed by atoms with E-state index in [1.807, 2.05) is 0 Å². The Morgan fingerprint density at radius 3 is 2.90 bits per heavy atom. The minimum atomic E-state index is -0.631. The molecule has 1 atom stereocenters. The minimum absolute atomic E-state index is 0.0241. The normalized spacial score (nSPS) is 17.6. The molecular weight excluding hydrogens is 286 g/mol. The van der Waals surface area contributed by atoms with Gasteiger partial charge in [-0.25, -0.2) is 0 Å². The Morgan fingerprint density at radius 2 is 2.35 bits per heavy atom. The van der Waals surface area contributed by atoms with Gasteiger partial charge in [-0.3, -0.25) is 4.79 Å². The number of carbonyl (C=O) groups is 1. The van der Waals surface area contributed by atoms with Crippen LogP contribution in [0.4, 0.5) is 0 Å². The maximum absolute atomic E-state index is 11.4. The Balaban J connectivity index is 2.38. The fourth-order valence-corrected chi connectivity index (χ4v) is 2.35. The molecule has 6 nitrogen and oxygen atoms in total. The predicted octanol–water partition coefficient (Wildman–Crippen LogP) is 2.38. The number of phenols is 1. The Bertz CT molecular complexity index is 585. The summed E-state index contributed by atoms with van der Waals surface area (Å²) in [6.45, 7) is 3.42. The van der Waals surface area contributed by atoms with Crippen LogP contribution in [0.25, 0.3) is 0 Å². The number of ketones is 1. The molecule has 2 N–H and O–H groups in total. The molecule has 2 rings (SSSR count). The Hall–Kier alpha value is -1.95. The minimum Gasteiger partial charge on any atom is -0.505 e. The third kappa shape index (κ3) is 2.38. The van der Waals surface area contributed by atoms with Gasteiger partial charge in [0.15, 0.2) is 11.9 Å². The highest BCUT2D eigenvalue weighted by atomic mass is 35.5. The molecule has 1 aliphatic heterocycles. The highest BCUT2D eigenvalue weighted by molar-refractivity contribution is 6.34. The molecule has 7 heteroatoms. The predicted molar refractivity (Wildman–Crippen MR) is 72.1 cm³/mol. The summed E-state index contributed by atoms with van der Waals surface area (Å²) in [6.07, 6.45) is -0.288. The zero-order chi connectivity index (χ0) is 14.9. The molecule has 0 radical (unpaired) electrons. The summed E-state index contributed by atoms with van der Waals surface area (Å²) >= 11 is 6.01. The number of halogens is 1. The van der Waals surface area contributed by atoms with Gasteiger partial charge in [-0.05, 0) is 19.9 Å². The smallest absolute Gasteiger partial charge is 0.267 e. The van der Waals surface area contributed by atoms with Crippen molar-refractivity contribution in [1.82, 2.24) is 0 Å². The van der Waals surface area contributed by atoms with Crippen molar-refractivity contribution in [3.05, 3.63) is 22.2 Å². The van der Waals surface area contributed by atoms with Crippen LogP contribution in [0, 0.1) is 0 Å². The molecule has 1 aromatic rings. The number of hydrogen-bond acceptors (Lipinski definition) is 6. The average molecular weight is 300 g/mol. The number of oxime groups is 1. The van der Waals surface area contributed by atoms with Crippen molar-refractivity contribution < 1.29 is 24.6 Å². The van der Waals surface area contributed by atoms with Crippen molar-refractivity contribution in [2.24, 2.45) is 5.16 Å². The summed E-state index contributed by atoms with van der Waals surface area (Å²) < 4.78 is 10.7. The molecule has 1 aromatic carbocycles. The first kappa shape index (κ1) is 14.5. The van der Waals surface area contributed by atoms with E-state index < -0.39 is 6.10 Å². The summed E-state index contributed by atoms with van der Waals surface area (Å²) in [6, 6.07) is 1.53. The van der Waals surface area contributed by atoms with E-state index in [-0.39, 0.29) is 33.8 Å². The molecule has 0 fully saturated rings. The van der Waals surface area contributed by atoms with Gasteiger partial charge in [0.25, 0.3) is 5.90 Å². The lowest BCUT2D eigenvalue weighted by molar-refractivity contribution is 0.101. The molecule has 0 saturated heterocycles. The second-order valence-corrected chi connectivity index (χ2v) is 4.69. The molecule has 0 bridgehead atoms. The zero-order valence-electron chi connectivity index (χ0n) is 11.0. The van der Waals surface area contributed by atoms with E-state index in [9.17, 15) is 9.90 Å². The third-order valence-electron chi connectivity index (χ3n) is 2.98. The first-order chi connectivity index (χ1) is 9.49. The van der Waals surface area contributed by atoms with Crippen LogP contribution in [0.15, 0.2) is 11.2 Å². The number of fused-ring (bicyclic) bond motifs is 1. The van der Waals surface area contributed by atoms with Gasteiger partial charge < -0.3 is 19.8 Å². The van der Waals surface area contributed by atoms with Gasteiger partial charge in [0, 0.05) is 12.0 Å². The van der Waals surface area contributed by atoms with Gasteiger partial charge in [0.05, 0.1) is 12.2 Å². The maximum atomic E-state index is 11.4. The highest BCUT2D eigenvalue weighted by Crippen LogP contribution is 2.43. The van der Waals surface area contributed by atoms with E-state index in [2.05, 4.69) is 5.16 Å². The Kier molecular flexibility index (Phi) is 4.04. The number of benzene rings is 1. The molecule has 0 aromatic heterocycles. The summed E-state index contributed by atoms with van der Waals surface area (Å²) in [5.41, 5.74) is 0.792. The van der Waals surface area contributed by atoms with E-state index >= 15 is 0 Å². The van der Waals surface area contributed by atoms with Crippen LogP contribution in [0.1, 0.15) is 29.8 Å². The molecule has 108 valence electrons. The second kappa shape index (κ2) is 5.58. The van der Waals surface area contributed by atoms with Crippen molar-refractivity contribution >= 4 is 23.3 Å². The fourth-order valence-electron chi connectivity index (χ4n) is 2.08. The SMILES string of the molecule is CCO/C(=N\O)C1Cc2cc(C(C)=O)c(O)c(Cl)c2O1. The third-order valence-corrected chi connectivity index (χ3v) is 3.33. The van der Waals surface area contributed by atoms with Crippen LogP contribution < -0.4 is 4.74 Å². The van der Waals surface area contributed by atoms with E-state index in [1.165, 1.54) is 13.0 Å². The number of Topliss-reactive ketones (excluding diaryl/α,β-unsaturated/α-hetero) is 1. The molecule has 0 aliphatic carbocycles. The largest absolute Gasteiger partial charge is 0.505 e. The number of ether oxygens (including phenoxy) is 2. The van der Waals surface area contributed by atoms with Crippen molar-refractivity contribution in [1.29, 1.82) is 0 Å². The van der Waals surface area contributed by atoms with Crippen LogP contribution in [-0.4, -0.2) is 34.7 Å². The van der Waals surface area contributed by atoms with Gasteiger partial charge in [-0.1, -0.05) is 16.8 Å². The van der Waals surface area contributed by atoms with Gasteiger partial charge in [0.1, 0.15) is 16.5 Å². The van der Waals surface area contributed by atoms with E-state index in [0.717, 1.165) is 0 Å². The number of carbonyl (C=O) groups excluding carboxylic acids is 1. The molecule has 0 saturated carbocycles. The van der Waals surface area contributed by atoms with Gasteiger partial charge in [-0.15, -0.1) is 0 Å². The van der Waals surface area contributed by atoms with Crippen molar-refractivity contribution in [3.63, 3.8) is 0 Å². The number of hydrogen-bond donors (Lipinski definition) is 2. The molecule has 1 aliphatic rings. The number of rotatable bonds is 3. The number of aromatic hydroxyl groups is 1. The lowest BCUT2D eigenvalue weighted by atomic mass is 10.0. The Labute approximate surface area is 120 Å². The van der Waals surface area contributed by atoms with Crippen LogP contribution >= 0.6 is 11.6 Å². The first-order valence-electron chi connectivity index (χ1n) is 6.06. The fraction of sp³-hybridized carbons (Fsp3) is 0.385.